The first-order chi connectivity index (χ1) is 14.2. The van der Waals surface area contributed by atoms with Crippen molar-refractivity contribution in [3.8, 4) is 0 Å². The standard InChI is InChI=1S/C21H28FN3O4S/c1-21(2)15(11-17-13-18(29-23-17)14-25-7-9-28-10-8-25)12-20(21)24-30(26,27)19-5-3-16(22)4-6-19/h3-6,13,15,20,24H,7-12,14H2,1-2H3/t15-,20+/m1/s1. The molecule has 1 aromatic heterocycles. The van der Waals surface area contributed by atoms with E-state index < -0.39 is 15.8 Å². The average molecular weight is 438 g/mol. The normalized spacial score (nSPS) is 24.5. The maximum Gasteiger partial charge on any atom is 0.240 e. The molecule has 9 heteroatoms. The van der Waals surface area contributed by atoms with Crippen LogP contribution >= 0.6 is 0 Å². The number of benzene rings is 1. The molecule has 1 N–H and O–H groups in total. The van der Waals surface area contributed by atoms with Crippen molar-refractivity contribution in [3.05, 3.63) is 47.6 Å². The molecule has 1 saturated heterocycles. The molecular weight excluding hydrogens is 409 g/mol. The number of halogens is 1. The van der Waals surface area contributed by atoms with Gasteiger partial charge in [-0.2, -0.15) is 0 Å². The molecule has 1 saturated carbocycles. The molecule has 7 nitrogen and oxygen atoms in total. The van der Waals surface area contributed by atoms with Crippen LogP contribution in [0.5, 0.6) is 0 Å². The number of hydrogen-bond acceptors (Lipinski definition) is 6. The molecule has 0 spiro atoms. The van der Waals surface area contributed by atoms with E-state index in [4.69, 9.17) is 9.26 Å². The second-order valence-electron chi connectivity index (χ2n) is 8.76. The number of morpholine rings is 1. The second-order valence-corrected chi connectivity index (χ2v) is 10.5. The van der Waals surface area contributed by atoms with Gasteiger partial charge in [-0.25, -0.2) is 17.5 Å². The van der Waals surface area contributed by atoms with Crippen molar-refractivity contribution in [3.63, 3.8) is 0 Å². The van der Waals surface area contributed by atoms with Crippen LogP contribution in [0.25, 0.3) is 0 Å². The van der Waals surface area contributed by atoms with Gasteiger partial charge in [-0.15, -0.1) is 0 Å². The molecule has 2 fully saturated rings. The first-order valence-electron chi connectivity index (χ1n) is 10.3. The van der Waals surface area contributed by atoms with Gasteiger partial charge in [0.2, 0.25) is 10.0 Å². The van der Waals surface area contributed by atoms with Crippen molar-refractivity contribution in [2.45, 2.75) is 44.2 Å². The smallest absolute Gasteiger partial charge is 0.240 e. The van der Waals surface area contributed by atoms with E-state index >= 15 is 0 Å². The Labute approximate surface area is 176 Å². The minimum absolute atomic E-state index is 0.0763. The lowest BCUT2D eigenvalue weighted by atomic mass is 9.57. The van der Waals surface area contributed by atoms with Crippen molar-refractivity contribution in [1.82, 2.24) is 14.8 Å². The second kappa shape index (κ2) is 8.37. The minimum Gasteiger partial charge on any atom is -0.379 e. The van der Waals surface area contributed by atoms with Gasteiger partial charge < -0.3 is 9.26 Å². The number of nitrogens with one attached hydrogen (secondary N) is 1. The van der Waals surface area contributed by atoms with Crippen LogP contribution in [0.4, 0.5) is 4.39 Å². The number of aromatic nitrogens is 1. The Kier molecular flexibility index (Phi) is 5.98. The van der Waals surface area contributed by atoms with E-state index in [2.05, 4.69) is 28.6 Å². The van der Waals surface area contributed by atoms with E-state index in [0.29, 0.717) is 5.92 Å². The van der Waals surface area contributed by atoms with Crippen LogP contribution in [0.1, 0.15) is 31.7 Å². The highest BCUT2D eigenvalue weighted by atomic mass is 32.2. The summed E-state index contributed by atoms with van der Waals surface area (Å²) in [6.45, 7) is 8.12. The van der Waals surface area contributed by atoms with Crippen LogP contribution in [-0.4, -0.2) is 50.8 Å². The van der Waals surface area contributed by atoms with Crippen LogP contribution in [0.2, 0.25) is 0 Å². The molecule has 2 aliphatic rings. The summed E-state index contributed by atoms with van der Waals surface area (Å²) in [4.78, 5) is 2.36. The molecule has 2 atom stereocenters. The Morgan fingerprint density at radius 2 is 1.93 bits per heavy atom. The van der Waals surface area contributed by atoms with Crippen molar-refractivity contribution >= 4 is 10.0 Å². The fraction of sp³-hybridized carbons (Fsp3) is 0.571. The van der Waals surface area contributed by atoms with E-state index in [1.165, 1.54) is 12.1 Å². The third kappa shape index (κ3) is 4.59. The SMILES string of the molecule is CC1(C)[C@H](Cc2cc(CN3CCOCC3)on2)C[C@@H]1NS(=O)(=O)c1ccc(F)cc1. The molecule has 1 aromatic carbocycles. The molecule has 4 rings (SSSR count). The topological polar surface area (TPSA) is 84.7 Å². The Hall–Kier alpha value is -1.81. The lowest BCUT2D eigenvalue weighted by Crippen LogP contribution is -2.58. The molecule has 1 aliphatic heterocycles. The predicted octanol–water partition coefficient (Wildman–Crippen LogP) is 2.58. The summed E-state index contributed by atoms with van der Waals surface area (Å²) >= 11 is 0. The monoisotopic (exact) mass is 437 g/mol. The Morgan fingerprint density at radius 1 is 1.23 bits per heavy atom. The number of ether oxygens (including phenoxy) is 1. The highest BCUT2D eigenvalue weighted by Gasteiger charge is 2.49. The number of hydrogen-bond donors (Lipinski definition) is 1. The Bertz CT molecular complexity index is 968. The fourth-order valence-electron chi connectivity index (χ4n) is 4.19. The van der Waals surface area contributed by atoms with Gasteiger partial charge in [0.25, 0.3) is 0 Å². The average Bonchev–Trinajstić information content (AvgIpc) is 3.15. The minimum atomic E-state index is -3.68. The number of rotatable bonds is 7. The van der Waals surface area contributed by atoms with E-state index in [-0.39, 0.29) is 16.4 Å². The summed E-state index contributed by atoms with van der Waals surface area (Å²) in [5, 5.41) is 4.22. The van der Waals surface area contributed by atoms with Crippen molar-refractivity contribution < 1.29 is 22.1 Å². The summed E-state index contributed by atoms with van der Waals surface area (Å²) in [6.07, 6.45) is 1.47. The molecule has 2 aromatic rings. The van der Waals surface area contributed by atoms with E-state index in [1.54, 1.807) is 0 Å². The zero-order valence-electron chi connectivity index (χ0n) is 17.3. The predicted molar refractivity (Wildman–Crippen MR) is 109 cm³/mol. The first kappa shape index (κ1) is 21.4. The molecule has 164 valence electrons. The zero-order chi connectivity index (χ0) is 21.4. The molecule has 30 heavy (non-hydrogen) atoms. The third-order valence-corrected chi connectivity index (χ3v) is 7.93. The quantitative estimate of drug-likeness (QED) is 0.717. The lowest BCUT2D eigenvalue weighted by Gasteiger charge is -2.52. The summed E-state index contributed by atoms with van der Waals surface area (Å²) in [5.74, 6) is 0.677. The van der Waals surface area contributed by atoms with Crippen molar-refractivity contribution in [2.24, 2.45) is 11.3 Å². The largest absolute Gasteiger partial charge is 0.379 e. The maximum atomic E-state index is 13.1. The van der Waals surface area contributed by atoms with Crippen molar-refractivity contribution in [2.75, 3.05) is 26.3 Å². The van der Waals surface area contributed by atoms with Gasteiger partial charge in [0.15, 0.2) is 5.76 Å². The van der Waals surface area contributed by atoms with E-state index in [1.807, 2.05) is 6.07 Å². The van der Waals surface area contributed by atoms with Gasteiger partial charge in [-0.3, -0.25) is 4.90 Å². The highest BCUT2D eigenvalue weighted by Crippen LogP contribution is 2.48. The summed E-state index contributed by atoms with van der Waals surface area (Å²) in [5.41, 5.74) is 0.673. The summed E-state index contributed by atoms with van der Waals surface area (Å²) < 4.78 is 52.0. The molecule has 0 radical (unpaired) electrons. The van der Waals surface area contributed by atoms with Crippen molar-refractivity contribution in [1.29, 1.82) is 0 Å². The summed E-state index contributed by atoms with van der Waals surface area (Å²) in [6, 6.07) is 6.70. The van der Waals surface area contributed by atoms with Crippen LogP contribution in [0.3, 0.4) is 0 Å². The number of sulfonamides is 1. The maximum absolute atomic E-state index is 13.1. The van der Waals surface area contributed by atoms with E-state index in [0.717, 1.165) is 69.3 Å². The molecular formula is C21H28FN3O4S. The molecule has 2 heterocycles. The number of nitrogens with zero attached hydrogens (tertiary/aromatic N) is 2. The third-order valence-electron chi connectivity index (χ3n) is 6.44. The Balaban J connectivity index is 1.33. The van der Waals surface area contributed by atoms with Gasteiger partial charge in [-0.05, 0) is 48.4 Å². The first-order valence-corrected chi connectivity index (χ1v) is 11.7. The zero-order valence-corrected chi connectivity index (χ0v) is 18.1. The van der Waals surface area contributed by atoms with Crippen LogP contribution < -0.4 is 4.72 Å². The van der Waals surface area contributed by atoms with Gasteiger partial charge >= 0.3 is 0 Å². The molecule has 0 amide bonds. The van der Waals surface area contributed by atoms with Crippen LogP contribution in [-0.2, 0) is 27.7 Å². The molecule has 0 unspecified atom stereocenters. The Morgan fingerprint density at radius 3 is 2.60 bits per heavy atom. The van der Waals surface area contributed by atoms with Crippen LogP contribution in [0.15, 0.2) is 39.8 Å². The van der Waals surface area contributed by atoms with Gasteiger partial charge in [0.05, 0.1) is 30.3 Å². The van der Waals surface area contributed by atoms with Gasteiger partial charge in [0, 0.05) is 25.2 Å². The molecule has 1 aliphatic carbocycles. The van der Waals surface area contributed by atoms with Crippen LogP contribution in [0, 0.1) is 17.2 Å². The summed E-state index contributed by atoms with van der Waals surface area (Å²) in [7, 11) is -3.68. The van der Waals surface area contributed by atoms with E-state index in [9.17, 15) is 12.8 Å². The fourth-order valence-corrected chi connectivity index (χ4v) is 5.60. The molecule has 0 bridgehead atoms. The lowest BCUT2D eigenvalue weighted by molar-refractivity contribution is 0.0268. The van der Waals surface area contributed by atoms with Gasteiger partial charge in [0.1, 0.15) is 5.82 Å². The van der Waals surface area contributed by atoms with Gasteiger partial charge in [-0.1, -0.05) is 19.0 Å². The highest BCUT2D eigenvalue weighted by molar-refractivity contribution is 7.89.